The first-order chi connectivity index (χ1) is 23.2. The van der Waals surface area contributed by atoms with Crippen LogP contribution in [0.2, 0.25) is 0 Å². The normalized spacial score (nSPS) is 40.2. The summed E-state index contributed by atoms with van der Waals surface area (Å²) < 4.78 is 21.0. The molecule has 2 heterocycles. The Labute approximate surface area is 290 Å². The molecular weight excluding hydrogens is 628 g/mol. The van der Waals surface area contributed by atoms with Gasteiger partial charge in [-0.3, -0.25) is 14.4 Å². The number of carbonyl (C=O) groups excluding carboxylic acids is 4. The second-order valence-corrected chi connectivity index (χ2v) is 17.6. The zero-order valence-electron chi connectivity index (χ0n) is 29.7. The topological polar surface area (TPSA) is 142 Å². The van der Waals surface area contributed by atoms with E-state index in [4.69, 9.17) is 24.1 Å². The number of carboxylic acids is 1. The average molecular weight is 685 g/mol. The molecule has 0 radical (unpaired) electrons. The van der Waals surface area contributed by atoms with Crippen molar-refractivity contribution in [3.63, 3.8) is 0 Å². The lowest BCUT2D eigenvalue weighted by Crippen LogP contribution is -2.41. The van der Waals surface area contributed by atoms with Crippen LogP contribution in [0.1, 0.15) is 111 Å². The van der Waals surface area contributed by atoms with E-state index in [0.29, 0.717) is 36.9 Å². The van der Waals surface area contributed by atoms with Gasteiger partial charge in [-0.05, 0) is 93.3 Å². The molecule has 2 saturated heterocycles. The predicted molar refractivity (Wildman–Crippen MR) is 177 cm³/mol. The molecule has 0 spiro atoms. The SMILES string of the molecule is CC1(C)COC(=O)[C@H]1OC(=O)C1CC2C=CC1CC2.CC1(C)COC(=O)[C@H]1OC(=O)C1CC2CCC1CC2.O=C(O)C1CC2CCC1CC2. The maximum Gasteiger partial charge on any atom is 0.348 e. The van der Waals surface area contributed by atoms with Crippen molar-refractivity contribution in [3.05, 3.63) is 12.2 Å². The van der Waals surface area contributed by atoms with Crippen LogP contribution >= 0.6 is 0 Å². The number of aliphatic carboxylic acids is 1. The summed E-state index contributed by atoms with van der Waals surface area (Å²) >= 11 is 0. The third-order valence-corrected chi connectivity index (χ3v) is 13.1. The van der Waals surface area contributed by atoms with E-state index in [9.17, 15) is 24.0 Å². The van der Waals surface area contributed by atoms with Crippen LogP contribution in [-0.2, 0) is 42.9 Å². The fraction of sp³-hybridized carbons (Fsp3) is 0.821. The van der Waals surface area contributed by atoms with Gasteiger partial charge in [0.2, 0.25) is 12.2 Å². The molecule has 5 unspecified atom stereocenters. The summed E-state index contributed by atoms with van der Waals surface area (Å²) in [6.07, 6.45) is 17.6. The van der Waals surface area contributed by atoms with Crippen LogP contribution in [0.5, 0.6) is 0 Å². The van der Waals surface area contributed by atoms with Crippen molar-refractivity contribution in [2.75, 3.05) is 13.2 Å². The minimum absolute atomic E-state index is 0.00231. The van der Waals surface area contributed by atoms with Gasteiger partial charge in [0.25, 0.3) is 0 Å². The maximum absolute atomic E-state index is 12.3. The van der Waals surface area contributed by atoms with Gasteiger partial charge in [-0.1, -0.05) is 65.5 Å². The number of ether oxygens (including phenoxy) is 4. The van der Waals surface area contributed by atoms with Crippen molar-refractivity contribution >= 4 is 29.8 Å². The fourth-order valence-electron chi connectivity index (χ4n) is 9.83. The molecule has 272 valence electrons. The predicted octanol–water partition coefficient (Wildman–Crippen LogP) is 6.29. The fourth-order valence-corrected chi connectivity index (χ4v) is 9.83. The molecule has 7 atom stereocenters. The quantitative estimate of drug-likeness (QED) is 0.200. The molecule has 7 saturated carbocycles. The van der Waals surface area contributed by atoms with Crippen molar-refractivity contribution < 1.29 is 48.0 Å². The molecule has 2 aliphatic heterocycles. The van der Waals surface area contributed by atoms with Crippen molar-refractivity contribution in [1.29, 1.82) is 0 Å². The van der Waals surface area contributed by atoms with Gasteiger partial charge in [0.1, 0.15) is 13.2 Å². The lowest BCUT2D eigenvalue weighted by molar-refractivity contribution is -0.170. The Morgan fingerprint density at radius 3 is 1.41 bits per heavy atom. The highest BCUT2D eigenvalue weighted by atomic mass is 16.6. The first-order valence-electron chi connectivity index (χ1n) is 18.9. The van der Waals surface area contributed by atoms with Crippen molar-refractivity contribution in [1.82, 2.24) is 0 Å². The van der Waals surface area contributed by atoms with Gasteiger partial charge in [0, 0.05) is 10.8 Å². The van der Waals surface area contributed by atoms with E-state index in [1.165, 1.54) is 44.9 Å². The Kier molecular flexibility index (Phi) is 10.5. The van der Waals surface area contributed by atoms with E-state index in [-0.39, 0.29) is 41.6 Å². The molecule has 49 heavy (non-hydrogen) atoms. The number of carbonyl (C=O) groups is 5. The zero-order chi connectivity index (χ0) is 35.1. The van der Waals surface area contributed by atoms with Crippen LogP contribution in [0.15, 0.2) is 12.2 Å². The minimum atomic E-state index is -0.746. The Morgan fingerprint density at radius 2 is 1.10 bits per heavy atom. The van der Waals surface area contributed by atoms with Crippen LogP contribution in [0.25, 0.3) is 0 Å². The lowest BCUT2D eigenvalue weighted by atomic mass is 9.65. The molecule has 0 amide bonds. The summed E-state index contributed by atoms with van der Waals surface area (Å²) in [7, 11) is 0. The van der Waals surface area contributed by atoms with E-state index in [1.54, 1.807) is 0 Å². The first kappa shape index (κ1) is 35.9. The molecule has 0 aromatic rings. The molecule has 6 bridgehead atoms. The van der Waals surface area contributed by atoms with E-state index in [0.717, 1.165) is 44.4 Å². The van der Waals surface area contributed by atoms with Crippen LogP contribution < -0.4 is 0 Å². The Bertz CT molecular complexity index is 1300. The molecular formula is C39H56O10. The lowest BCUT2D eigenvalue weighted by Gasteiger charge is -2.41. The van der Waals surface area contributed by atoms with Gasteiger partial charge in [0.15, 0.2) is 0 Å². The van der Waals surface area contributed by atoms with E-state index >= 15 is 0 Å². The smallest absolute Gasteiger partial charge is 0.348 e. The molecule has 9 fully saturated rings. The van der Waals surface area contributed by atoms with E-state index in [1.807, 2.05) is 27.7 Å². The van der Waals surface area contributed by atoms with Gasteiger partial charge < -0.3 is 24.1 Å². The number of allylic oxidation sites excluding steroid dienone is 2. The van der Waals surface area contributed by atoms with Crippen LogP contribution in [0.3, 0.4) is 0 Å². The number of esters is 4. The highest BCUT2D eigenvalue weighted by Gasteiger charge is 2.50. The Hall–Kier alpha value is -2.91. The molecule has 11 aliphatic rings. The van der Waals surface area contributed by atoms with Crippen molar-refractivity contribution in [2.45, 2.75) is 123 Å². The van der Waals surface area contributed by atoms with E-state index < -0.39 is 35.0 Å². The number of rotatable bonds is 5. The van der Waals surface area contributed by atoms with Crippen LogP contribution in [-0.4, -0.2) is 60.4 Å². The summed E-state index contributed by atoms with van der Waals surface area (Å²) in [6, 6.07) is 0. The molecule has 9 aliphatic carbocycles. The Balaban J connectivity index is 0.000000132. The zero-order valence-corrected chi connectivity index (χ0v) is 29.7. The van der Waals surface area contributed by atoms with Gasteiger partial charge in [-0.25, -0.2) is 9.59 Å². The highest BCUT2D eigenvalue weighted by Crippen LogP contribution is 2.47. The summed E-state index contributed by atoms with van der Waals surface area (Å²) in [5.41, 5.74) is -0.823. The number of hydrogen-bond acceptors (Lipinski definition) is 9. The van der Waals surface area contributed by atoms with Crippen LogP contribution in [0.4, 0.5) is 0 Å². The van der Waals surface area contributed by atoms with Gasteiger partial charge in [0.05, 0.1) is 17.8 Å². The third-order valence-electron chi connectivity index (χ3n) is 13.1. The van der Waals surface area contributed by atoms with Gasteiger partial charge in [-0.2, -0.15) is 0 Å². The summed E-state index contributed by atoms with van der Waals surface area (Å²) in [5.74, 6) is 1.38. The summed E-state index contributed by atoms with van der Waals surface area (Å²) in [5, 5.41) is 8.86. The largest absolute Gasteiger partial charge is 0.481 e. The van der Waals surface area contributed by atoms with E-state index in [2.05, 4.69) is 12.2 Å². The number of cyclic esters (lactones) is 2. The highest BCUT2D eigenvalue weighted by molar-refractivity contribution is 5.83. The minimum Gasteiger partial charge on any atom is -0.481 e. The standard InChI is InChI=1S/C15H22O4.C15H20O4.C9H14O2/c2*1-15(2)8-18-14(17)12(15)19-13(16)11-7-9-3-5-10(11)6-4-9;10-9(11)8-5-6-1-3-7(8)4-2-6/h9-12H,3-8H2,1-2H3;3,5,9-12H,4,6-8H2,1-2H3;6-8H,1-5H2,(H,10,11)/t2*9?,10?,11?,12-;/m11./s1. The number of carboxylic acid groups (broad SMARTS) is 1. The second-order valence-electron chi connectivity index (χ2n) is 17.6. The maximum atomic E-state index is 12.3. The molecule has 10 heteroatoms. The van der Waals surface area contributed by atoms with Crippen molar-refractivity contribution in [2.24, 2.45) is 64.1 Å². The van der Waals surface area contributed by atoms with Crippen molar-refractivity contribution in [3.8, 4) is 0 Å². The number of fused-ring (bicyclic) bond motifs is 8. The molecule has 10 nitrogen and oxygen atoms in total. The van der Waals surface area contributed by atoms with Crippen LogP contribution in [0, 0.1) is 64.1 Å². The monoisotopic (exact) mass is 684 g/mol. The summed E-state index contributed by atoms with van der Waals surface area (Å²) in [4.78, 5) is 58.7. The Morgan fingerprint density at radius 1 is 0.633 bits per heavy atom. The molecule has 11 rings (SSSR count). The van der Waals surface area contributed by atoms with Gasteiger partial charge >= 0.3 is 29.8 Å². The number of hydrogen-bond donors (Lipinski definition) is 1. The molecule has 0 aromatic heterocycles. The average Bonchev–Trinajstić information content (AvgIpc) is 3.53. The summed E-state index contributed by atoms with van der Waals surface area (Å²) in [6.45, 7) is 8.25. The first-order valence-corrected chi connectivity index (χ1v) is 18.9. The third kappa shape index (κ3) is 7.88. The van der Waals surface area contributed by atoms with Gasteiger partial charge in [-0.15, -0.1) is 0 Å². The molecule has 0 aromatic carbocycles. The molecule has 1 N–H and O–H groups in total. The second kappa shape index (κ2) is 14.4.